The van der Waals surface area contributed by atoms with E-state index in [1.807, 2.05) is 48.5 Å². The van der Waals surface area contributed by atoms with Crippen molar-refractivity contribution in [2.45, 2.75) is 11.8 Å². The summed E-state index contributed by atoms with van der Waals surface area (Å²) in [7, 11) is 0. The van der Waals surface area contributed by atoms with E-state index in [0.717, 1.165) is 22.3 Å². The highest BCUT2D eigenvalue weighted by Crippen LogP contribution is 2.60. The van der Waals surface area contributed by atoms with E-state index in [9.17, 15) is 14.4 Å². The van der Waals surface area contributed by atoms with E-state index in [1.54, 1.807) is 30.3 Å². The van der Waals surface area contributed by atoms with Gasteiger partial charge in [-0.2, -0.15) is 0 Å². The van der Waals surface area contributed by atoms with E-state index in [-0.39, 0.29) is 11.8 Å². The zero-order chi connectivity index (χ0) is 20.4. The zero-order valence-electron chi connectivity index (χ0n) is 15.9. The number of rotatable bonds is 2. The number of hydroxylamine groups is 2. The van der Waals surface area contributed by atoms with Gasteiger partial charge in [0.25, 0.3) is 11.8 Å². The summed E-state index contributed by atoms with van der Waals surface area (Å²) in [5, 5.41) is 0.711. The minimum absolute atomic E-state index is 0.218. The lowest BCUT2D eigenvalue weighted by atomic mass is 9.55. The lowest BCUT2D eigenvalue weighted by Crippen LogP contribution is -2.41. The van der Waals surface area contributed by atoms with Gasteiger partial charge in [0, 0.05) is 11.8 Å². The van der Waals surface area contributed by atoms with E-state index in [2.05, 4.69) is 0 Å². The van der Waals surface area contributed by atoms with E-state index in [0.29, 0.717) is 10.6 Å². The average molecular weight is 395 g/mol. The number of carbonyl (C=O) groups excluding carboxylic acids is 3. The molecular formula is C25H17NO4. The fraction of sp³-hybridized carbons (Fsp3) is 0.160. The molecule has 1 heterocycles. The van der Waals surface area contributed by atoms with Crippen LogP contribution in [0.15, 0.2) is 78.9 Å². The van der Waals surface area contributed by atoms with Crippen LogP contribution in [0.5, 0.6) is 0 Å². The lowest BCUT2D eigenvalue weighted by molar-refractivity contribution is -0.174. The molecule has 0 N–H and O–H groups in total. The Bertz CT molecular complexity index is 1100. The van der Waals surface area contributed by atoms with Gasteiger partial charge in [0.05, 0.1) is 17.4 Å². The molecule has 4 aliphatic rings. The minimum Gasteiger partial charge on any atom is -0.325 e. The normalized spacial score (nSPS) is 25.5. The monoisotopic (exact) mass is 395 g/mol. The van der Waals surface area contributed by atoms with E-state index >= 15 is 0 Å². The maximum absolute atomic E-state index is 13.4. The summed E-state index contributed by atoms with van der Waals surface area (Å²) >= 11 is 0. The second-order valence-electron chi connectivity index (χ2n) is 7.98. The Morgan fingerprint density at radius 1 is 0.633 bits per heavy atom. The number of hydrogen-bond acceptors (Lipinski definition) is 4. The van der Waals surface area contributed by atoms with Crippen LogP contribution in [0.4, 0.5) is 0 Å². The summed E-state index contributed by atoms with van der Waals surface area (Å²) < 4.78 is 0. The summed E-state index contributed by atoms with van der Waals surface area (Å²) in [6.45, 7) is 0. The standard InChI is InChI=1S/C25H17NO4/c27-23-21-19-15-10-4-5-11-16(15)20(18-13-7-6-12-17(18)19)22(21)24(28)26(23)30-25(29)14-8-2-1-3-9-14/h1-13,19-22H/t19?,20?,21-,22+. The molecule has 2 amide bonds. The van der Waals surface area contributed by atoms with Gasteiger partial charge in [0.2, 0.25) is 0 Å². The number of hydrogen-bond donors (Lipinski definition) is 0. The van der Waals surface area contributed by atoms with Gasteiger partial charge in [-0.1, -0.05) is 66.7 Å². The first-order chi connectivity index (χ1) is 14.7. The molecule has 3 aromatic rings. The molecule has 1 saturated heterocycles. The summed E-state index contributed by atoms with van der Waals surface area (Å²) in [5.74, 6) is -3.14. The highest BCUT2D eigenvalue weighted by atomic mass is 16.7. The Morgan fingerprint density at radius 3 is 1.47 bits per heavy atom. The second kappa shape index (κ2) is 6.13. The Kier molecular flexibility index (Phi) is 3.51. The largest absolute Gasteiger partial charge is 0.363 e. The van der Waals surface area contributed by atoms with Gasteiger partial charge in [-0.15, -0.1) is 5.06 Å². The van der Waals surface area contributed by atoms with Crippen molar-refractivity contribution in [2.24, 2.45) is 11.8 Å². The number of imide groups is 1. The van der Waals surface area contributed by atoms with Crippen molar-refractivity contribution in [1.82, 2.24) is 5.06 Å². The fourth-order valence-corrected chi connectivity index (χ4v) is 5.45. The highest BCUT2D eigenvalue weighted by molar-refractivity contribution is 6.08. The van der Waals surface area contributed by atoms with Crippen LogP contribution in [0.25, 0.3) is 0 Å². The predicted molar refractivity (Wildman–Crippen MR) is 107 cm³/mol. The van der Waals surface area contributed by atoms with Crippen LogP contribution in [-0.4, -0.2) is 22.8 Å². The molecule has 5 heteroatoms. The van der Waals surface area contributed by atoms with Crippen molar-refractivity contribution < 1.29 is 19.2 Å². The maximum atomic E-state index is 13.4. The van der Waals surface area contributed by atoms with Crippen molar-refractivity contribution in [3.8, 4) is 0 Å². The van der Waals surface area contributed by atoms with E-state index < -0.39 is 29.6 Å². The Hall–Kier alpha value is -3.73. The lowest BCUT2D eigenvalue weighted by Gasteiger charge is -2.45. The topological polar surface area (TPSA) is 63.7 Å². The van der Waals surface area contributed by atoms with Gasteiger partial charge in [-0.05, 0) is 34.4 Å². The number of nitrogens with zero attached hydrogens (tertiary/aromatic N) is 1. The molecule has 1 fully saturated rings. The third kappa shape index (κ3) is 2.15. The predicted octanol–water partition coefficient (Wildman–Crippen LogP) is 3.65. The van der Waals surface area contributed by atoms with Crippen LogP contribution < -0.4 is 0 Å². The molecule has 1 aliphatic heterocycles. The van der Waals surface area contributed by atoms with Crippen LogP contribution >= 0.6 is 0 Å². The number of benzene rings is 3. The molecule has 3 aromatic carbocycles. The summed E-state index contributed by atoms with van der Waals surface area (Å²) in [5.41, 5.74) is 4.63. The van der Waals surface area contributed by atoms with Crippen molar-refractivity contribution in [1.29, 1.82) is 0 Å². The van der Waals surface area contributed by atoms with E-state index in [4.69, 9.17) is 4.84 Å². The molecule has 5 nitrogen and oxygen atoms in total. The molecule has 0 aromatic heterocycles. The fourth-order valence-electron chi connectivity index (χ4n) is 5.45. The van der Waals surface area contributed by atoms with Gasteiger partial charge in [0.15, 0.2) is 0 Å². The molecule has 0 radical (unpaired) electrons. The molecule has 146 valence electrons. The molecule has 2 atom stereocenters. The van der Waals surface area contributed by atoms with Crippen LogP contribution in [0, 0.1) is 11.8 Å². The molecule has 0 spiro atoms. The SMILES string of the molecule is O=C(ON1C(=O)[C@@H]2C3c4ccccc4C(c4ccccc43)[C@@H]2C1=O)c1ccccc1. The van der Waals surface area contributed by atoms with Crippen LogP contribution in [0.1, 0.15) is 44.4 Å². The quantitative estimate of drug-likeness (QED) is 0.622. The molecule has 2 bridgehead atoms. The Morgan fingerprint density at radius 2 is 1.03 bits per heavy atom. The molecule has 30 heavy (non-hydrogen) atoms. The zero-order valence-corrected chi connectivity index (χ0v) is 15.9. The number of carbonyl (C=O) groups is 3. The van der Waals surface area contributed by atoms with E-state index in [1.165, 1.54) is 0 Å². The number of amides is 2. The van der Waals surface area contributed by atoms with Gasteiger partial charge in [0.1, 0.15) is 0 Å². The van der Waals surface area contributed by atoms with Crippen molar-refractivity contribution in [2.75, 3.05) is 0 Å². The van der Waals surface area contributed by atoms with Crippen molar-refractivity contribution in [3.05, 3.63) is 107 Å². The van der Waals surface area contributed by atoms with Gasteiger partial charge < -0.3 is 4.84 Å². The highest BCUT2D eigenvalue weighted by Gasteiger charge is 2.62. The molecule has 0 unspecified atom stereocenters. The van der Waals surface area contributed by atoms with Gasteiger partial charge >= 0.3 is 5.97 Å². The van der Waals surface area contributed by atoms with Gasteiger partial charge in [-0.25, -0.2) is 4.79 Å². The first kappa shape index (κ1) is 17.2. The average Bonchev–Trinajstić information content (AvgIpc) is 3.05. The second-order valence-corrected chi connectivity index (χ2v) is 7.98. The first-order valence-corrected chi connectivity index (χ1v) is 9.99. The molecule has 0 saturated carbocycles. The van der Waals surface area contributed by atoms with Crippen LogP contribution in [0.3, 0.4) is 0 Å². The van der Waals surface area contributed by atoms with Crippen molar-refractivity contribution >= 4 is 17.8 Å². The minimum atomic E-state index is -0.710. The summed E-state index contributed by atoms with van der Waals surface area (Å²) in [4.78, 5) is 44.6. The maximum Gasteiger partial charge on any atom is 0.363 e. The third-order valence-electron chi connectivity index (χ3n) is 6.59. The smallest absolute Gasteiger partial charge is 0.325 e. The molecule has 3 aliphatic carbocycles. The Balaban J connectivity index is 1.44. The van der Waals surface area contributed by atoms with Gasteiger partial charge in [-0.3, -0.25) is 9.59 Å². The first-order valence-electron chi connectivity index (χ1n) is 9.99. The summed E-state index contributed by atoms with van der Waals surface area (Å²) in [6, 6.07) is 24.4. The Labute approximate surface area is 172 Å². The van der Waals surface area contributed by atoms with Crippen molar-refractivity contribution in [3.63, 3.8) is 0 Å². The molecular weight excluding hydrogens is 378 g/mol. The third-order valence-corrected chi connectivity index (χ3v) is 6.59. The van der Waals surface area contributed by atoms with Crippen LogP contribution in [-0.2, 0) is 14.4 Å². The summed E-state index contributed by atoms with van der Waals surface area (Å²) in [6.07, 6.45) is 0. The molecule has 7 rings (SSSR count). The van der Waals surface area contributed by atoms with Crippen LogP contribution in [0.2, 0.25) is 0 Å².